The Morgan fingerprint density at radius 2 is 1.86 bits per heavy atom. The van der Waals surface area contributed by atoms with Crippen LogP contribution in [0.3, 0.4) is 0 Å². The second-order valence-electron chi connectivity index (χ2n) is 6.57. The van der Waals surface area contributed by atoms with Gasteiger partial charge in [-0.1, -0.05) is 23.7 Å². The van der Waals surface area contributed by atoms with E-state index in [1.54, 1.807) is 6.07 Å². The number of benzene rings is 1. The first-order valence-electron chi connectivity index (χ1n) is 7.34. The highest BCUT2D eigenvalue weighted by Crippen LogP contribution is 2.42. The molecule has 1 atom stereocenters. The number of hydrogen-bond donors (Lipinski definition) is 0. The number of methoxy groups -OCH3 is 1. The third kappa shape index (κ3) is 3.48. The summed E-state index contributed by atoms with van der Waals surface area (Å²) in [6.45, 7) is 7.95. The molecule has 0 saturated carbocycles. The van der Waals surface area contributed by atoms with E-state index in [-0.39, 0.29) is 18.2 Å². The topological polar surface area (TPSA) is 44.8 Å². The number of rotatable bonds is 4. The zero-order chi connectivity index (χ0) is 16.5. The molecule has 1 fully saturated rings. The van der Waals surface area contributed by atoms with E-state index in [0.717, 1.165) is 5.56 Å². The van der Waals surface area contributed by atoms with E-state index in [0.29, 0.717) is 5.02 Å². The third-order valence-electron chi connectivity index (χ3n) is 4.49. The quantitative estimate of drug-likeness (QED) is 0.627. The molecule has 0 amide bonds. The van der Waals surface area contributed by atoms with Crippen LogP contribution >= 0.6 is 11.6 Å². The molecule has 1 saturated heterocycles. The van der Waals surface area contributed by atoms with Crippen molar-refractivity contribution in [2.24, 2.45) is 0 Å². The minimum Gasteiger partial charge on any atom is -0.469 e. The van der Waals surface area contributed by atoms with Gasteiger partial charge in [0, 0.05) is 10.8 Å². The smallest absolute Gasteiger partial charge is 0.466 e. The minimum atomic E-state index is -0.525. The molecule has 1 aliphatic heterocycles. The molecule has 1 unspecified atom stereocenters. The monoisotopic (exact) mass is 324 g/mol. The van der Waals surface area contributed by atoms with Gasteiger partial charge in [-0.2, -0.15) is 0 Å². The lowest BCUT2D eigenvalue weighted by atomic mass is 9.66. The van der Waals surface area contributed by atoms with Gasteiger partial charge in [0.15, 0.2) is 0 Å². The molecule has 2 rings (SSSR count). The lowest BCUT2D eigenvalue weighted by molar-refractivity contribution is -0.140. The molecular formula is C16H22BClO4. The van der Waals surface area contributed by atoms with E-state index in [4.69, 9.17) is 25.6 Å². The van der Waals surface area contributed by atoms with Crippen LogP contribution in [0.15, 0.2) is 24.3 Å². The van der Waals surface area contributed by atoms with Gasteiger partial charge in [0.2, 0.25) is 0 Å². The summed E-state index contributed by atoms with van der Waals surface area (Å²) < 4.78 is 17.0. The standard InChI is InChI=1S/C16H22BClO4/c1-15(2)16(3,4)22-17(21-15)13(10-14(19)20-5)11-7-6-8-12(18)9-11/h6-9,13H,10H2,1-5H3. The highest BCUT2D eigenvalue weighted by molar-refractivity contribution is 6.48. The van der Waals surface area contributed by atoms with Crippen molar-refractivity contribution >= 4 is 24.7 Å². The molecule has 0 spiro atoms. The van der Waals surface area contributed by atoms with Gasteiger partial charge in [0.05, 0.1) is 24.7 Å². The minimum absolute atomic E-state index is 0.174. The zero-order valence-corrected chi connectivity index (χ0v) is 14.4. The SMILES string of the molecule is COC(=O)CC(B1OC(C)(C)C(C)(C)O1)c1cccc(Cl)c1. The lowest BCUT2D eigenvalue weighted by Gasteiger charge is -2.32. The van der Waals surface area contributed by atoms with Crippen LogP contribution in [0.1, 0.15) is 45.5 Å². The van der Waals surface area contributed by atoms with Crippen LogP contribution in [0.5, 0.6) is 0 Å². The summed E-state index contributed by atoms with van der Waals surface area (Å²) in [4.78, 5) is 11.8. The highest BCUT2D eigenvalue weighted by atomic mass is 35.5. The van der Waals surface area contributed by atoms with Gasteiger partial charge < -0.3 is 14.0 Å². The van der Waals surface area contributed by atoms with Crippen molar-refractivity contribution in [1.29, 1.82) is 0 Å². The summed E-state index contributed by atoms with van der Waals surface area (Å²) in [6.07, 6.45) is 0.174. The normalized spacial score (nSPS) is 20.7. The maximum absolute atomic E-state index is 11.8. The fraction of sp³-hybridized carbons (Fsp3) is 0.562. The Labute approximate surface area is 137 Å². The third-order valence-corrected chi connectivity index (χ3v) is 4.73. The number of carbonyl (C=O) groups is 1. The maximum atomic E-state index is 11.8. The van der Waals surface area contributed by atoms with E-state index in [1.165, 1.54) is 7.11 Å². The van der Waals surface area contributed by atoms with E-state index >= 15 is 0 Å². The summed E-state index contributed by atoms with van der Waals surface area (Å²) in [5.41, 5.74) is -0.00807. The van der Waals surface area contributed by atoms with Gasteiger partial charge in [-0.25, -0.2) is 0 Å². The molecule has 0 radical (unpaired) electrons. The van der Waals surface area contributed by atoms with Gasteiger partial charge in [-0.15, -0.1) is 0 Å². The maximum Gasteiger partial charge on any atom is 0.466 e. The van der Waals surface area contributed by atoms with Crippen molar-refractivity contribution < 1.29 is 18.8 Å². The Hall–Kier alpha value is -1.04. The first kappa shape index (κ1) is 17.3. The Morgan fingerprint density at radius 1 is 1.27 bits per heavy atom. The van der Waals surface area contributed by atoms with Crippen molar-refractivity contribution in [2.45, 2.75) is 51.1 Å². The molecule has 0 N–H and O–H groups in total. The predicted octanol–water partition coefficient (Wildman–Crippen LogP) is 3.62. The molecule has 6 heteroatoms. The van der Waals surface area contributed by atoms with E-state index in [2.05, 4.69) is 0 Å². The number of esters is 1. The lowest BCUT2D eigenvalue weighted by Crippen LogP contribution is -2.41. The molecule has 22 heavy (non-hydrogen) atoms. The van der Waals surface area contributed by atoms with Gasteiger partial charge >= 0.3 is 13.1 Å². The van der Waals surface area contributed by atoms with Crippen LogP contribution in [-0.4, -0.2) is 31.4 Å². The van der Waals surface area contributed by atoms with Crippen LogP contribution in [0, 0.1) is 0 Å². The molecule has 4 nitrogen and oxygen atoms in total. The number of hydrogen-bond acceptors (Lipinski definition) is 4. The first-order valence-corrected chi connectivity index (χ1v) is 7.72. The summed E-state index contributed by atoms with van der Waals surface area (Å²) in [6, 6.07) is 7.41. The molecule has 120 valence electrons. The summed E-state index contributed by atoms with van der Waals surface area (Å²) >= 11 is 6.08. The molecular weight excluding hydrogens is 302 g/mol. The Kier molecular flexibility index (Phi) is 4.90. The van der Waals surface area contributed by atoms with E-state index in [9.17, 15) is 4.79 Å². The summed E-state index contributed by atoms with van der Waals surface area (Å²) in [7, 11) is 0.851. The van der Waals surface area contributed by atoms with Gasteiger partial charge in [0.1, 0.15) is 0 Å². The Morgan fingerprint density at radius 3 is 2.36 bits per heavy atom. The molecule has 1 aromatic rings. The molecule has 1 aliphatic rings. The highest BCUT2D eigenvalue weighted by Gasteiger charge is 2.54. The predicted molar refractivity (Wildman–Crippen MR) is 86.9 cm³/mol. The van der Waals surface area contributed by atoms with E-state index < -0.39 is 18.3 Å². The molecule has 0 aliphatic carbocycles. The van der Waals surface area contributed by atoms with Crippen molar-refractivity contribution in [1.82, 2.24) is 0 Å². The number of halogens is 1. The zero-order valence-electron chi connectivity index (χ0n) is 13.7. The average Bonchev–Trinajstić information content (AvgIpc) is 2.64. The number of carbonyl (C=O) groups excluding carboxylic acids is 1. The van der Waals surface area contributed by atoms with Crippen molar-refractivity contribution in [3.8, 4) is 0 Å². The Bertz CT molecular complexity index is 543. The van der Waals surface area contributed by atoms with Crippen LogP contribution in [0.2, 0.25) is 5.02 Å². The second kappa shape index (κ2) is 6.22. The van der Waals surface area contributed by atoms with Crippen LogP contribution in [-0.2, 0) is 18.8 Å². The van der Waals surface area contributed by atoms with Gasteiger partial charge in [-0.3, -0.25) is 4.79 Å². The summed E-state index contributed by atoms with van der Waals surface area (Å²) in [5.74, 6) is -0.577. The van der Waals surface area contributed by atoms with Crippen molar-refractivity contribution in [2.75, 3.05) is 7.11 Å². The van der Waals surface area contributed by atoms with Crippen molar-refractivity contribution in [3.63, 3.8) is 0 Å². The fourth-order valence-corrected chi connectivity index (χ4v) is 2.62. The summed E-state index contributed by atoms with van der Waals surface area (Å²) in [5, 5.41) is 0.615. The van der Waals surface area contributed by atoms with E-state index in [1.807, 2.05) is 45.9 Å². The van der Waals surface area contributed by atoms with Crippen molar-refractivity contribution in [3.05, 3.63) is 34.9 Å². The van der Waals surface area contributed by atoms with Gasteiger partial charge in [0.25, 0.3) is 0 Å². The first-order chi connectivity index (χ1) is 10.2. The number of ether oxygens (including phenoxy) is 1. The molecule has 1 aromatic carbocycles. The van der Waals surface area contributed by atoms with Crippen LogP contribution in [0.25, 0.3) is 0 Å². The largest absolute Gasteiger partial charge is 0.469 e. The van der Waals surface area contributed by atoms with Crippen LogP contribution < -0.4 is 0 Å². The Balaban J connectivity index is 2.32. The second-order valence-corrected chi connectivity index (χ2v) is 7.00. The average molecular weight is 325 g/mol. The molecule has 1 heterocycles. The van der Waals surface area contributed by atoms with Crippen LogP contribution in [0.4, 0.5) is 0 Å². The fourth-order valence-electron chi connectivity index (χ4n) is 2.42. The molecule has 0 aromatic heterocycles. The van der Waals surface area contributed by atoms with Gasteiger partial charge in [-0.05, 0) is 45.4 Å². The molecule has 0 bridgehead atoms.